The number of hydrogen-bond donors (Lipinski definition) is 1. The number of carbonyl (C=O) groups excluding carboxylic acids is 2. The molecule has 2 aliphatic rings. The summed E-state index contributed by atoms with van der Waals surface area (Å²) in [5, 5.41) is 5.54. The number of esters is 1. The van der Waals surface area contributed by atoms with E-state index in [1.807, 2.05) is 52.8 Å². The molecule has 1 atom stereocenters. The van der Waals surface area contributed by atoms with Gasteiger partial charge in [0.2, 0.25) is 5.91 Å². The summed E-state index contributed by atoms with van der Waals surface area (Å²) in [6, 6.07) is 16.4. The van der Waals surface area contributed by atoms with Crippen LogP contribution in [0.1, 0.15) is 24.9 Å². The second-order valence-electron chi connectivity index (χ2n) is 7.89. The second kappa shape index (κ2) is 11.2. The molecule has 0 spiro atoms. The molecule has 2 aliphatic heterocycles. The first-order valence-electron chi connectivity index (χ1n) is 11.1. The van der Waals surface area contributed by atoms with Crippen LogP contribution in [0.2, 0.25) is 0 Å². The van der Waals surface area contributed by atoms with E-state index in [1.54, 1.807) is 33.3 Å². The van der Waals surface area contributed by atoms with Gasteiger partial charge in [-0.2, -0.15) is 0 Å². The van der Waals surface area contributed by atoms with Crippen LogP contribution in [0.3, 0.4) is 0 Å². The number of hydrogen-bond acceptors (Lipinski definition) is 8. The summed E-state index contributed by atoms with van der Waals surface area (Å²) in [6.07, 6.45) is 0.109. The van der Waals surface area contributed by atoms with Gasteiger partial charge in [-0.05, 0) is 30.0 Å². The summed E-state index contributed by atoms with van der Waals surface area (Å²) >= 11 is 1.43. The van der Waals surface area contributed by atoms with Crippen LogP contribution in [0, 0.1) is 0 Å². The molecule has 182 valence electrons. The number of amides is 1. The molecule has 1 amide bonds. The van der Waals surface area contributed by atoms with Crippen molar-refractivity contribution in [1.82, 2.24) is 4.90 Å². The Morgan fingerprint density at radius 3 is 2.63 bits per heavy atom. The van der Waals surface area contributed by atoms with Gasteiger partial charge < -0.3 is 24.4 Å². The van der Waals surface area contributed by atoms with E-state index in [1.165, 1.54) is 11.8 Å². The van der Waals surface area contributed by atoms with Crippen molar-refractivity contribution in [2.75, 3.05) is 32.8 Å². The molecule has 8 nitrogen and oxygen atoms in total. The van der Waals surface area contributed by atoms with Crippen LogP contribution in [0.15, 0.2) is 82.0 Å². The van der Waals surface area contributed by atoms with Crippen molar-refractivity contribution >= 4 is 34.5 Å². The maximum absolute atomic E-state index is 13.1. The number of benzene rings is 2. The Hall–Kier alpha value is -3.56. The molecular formula is C26H27N3O5S. The molecule has 0 bridgehead atoms. The second-order valence-corrected chi connectivity index (χ2v) is 8.73. The van der Waals surface area contributed by atoms with E-state index in [9.17, 15) is 9.59 Å². The van der Waals surface area contributed by atoms with Gasteiger partial charge in [0.15, 0.2) is 5.17 Å². The Balaban J connectivity index is 1.60. The Bertz CT molecular complexity index is 1190. The Kier molecular flexibility index (Phi) is 7.89. The Morgan fingerprint density at radius 1 is 1.09 bits per heavy atom. The number of rotatable bonds is 9. The van der Waals surface area contributed by atoms with Crippen molar-refractivity contribution < 1.29 is 23.8 Å². The number of allylic oxidation sites excluding steroid dienone is 1. The molecule has 35 heavy (non-hydrogen) atoms. The highest BCUT2D eigenvalue weighted by Crippen LogP contribution is 2.44. The average Bonchev–Trinajstić information content (AvgIpc) is 3.25. The van der Waals surface area contributed by atoms with Gasteiger partial charge in [-0.15, -0.1) is 0 Å². The summed E-state index contributed by atoms with van der Waals surface area (Å²) < 4.78 is 15.7. The summed E-state index contributed by atoms with van der Waals surface area (Å²) in [4.78, 5) is 32.7. The van der Waals surface area contributed by atoms with Crippen LogP contribution < -0.4 is 10.1 Å². The van der Waals surface area contributed by atoms with Crippen LogP contribution in [0.5, 0.6) is 5.75 Å². The highest BCUT2D eigenvalue weighted by Gasteiger charge is 2.41. The highest BCUT2D eigenvalue weighted by atomic mass is 32.2. The first-order chi connectivity index (χ1) is 17.0. The van der Waals surface area contributed by atoms with Crippen molar-refractivity contribution in [3.63, 3.8) is 0 Å². The third-order valence-corrected chi connectivity index (χ3v) is 6.44. The normalized spacial score (nSPS) is 16.9. The number of aliphatic imine (C=N–C) groups is 1. The number of thioether (sulfide) groups is 1. The molecule has 0 fully saturated rings. The van der Waals surface area contributed by atoms with E-state index in [4.69, 9.17) is 14.2 Å². The lowest BCUT2D eigenvalue weighted by Crippen LogP contribution is -2.37. The maximum atomic E-state index is 13.1. The van der Waals surface area contributed by atoms with Crippen LogP contribution in [0.25, 0.3) is 0 Å². The molecule has 0 radical (unpaired) electrons. The largest absolute Gasteiger partial charge is 0.497 e. The zero-order valence-corrected chi connectivity index (χ0v) is 20.6. The SMILES string of the molecule is COCCOC(=O)C1=C(C)N=C2SC=C(CC(=O)Nc3cccc(OC)c3)N2C1c1ccccc1. The minimum absolute atomic E-state index is 0.109. The molecule has 0 aliphatic carbocycles. The van der Waals surface area contributed by atoms with Crippen molar-refractivity contribution in [2.24, 2.45) is 4.99 Å². The van der Waals surface area contributed by atoms with Crippen LogP contribution >= 0.6 is 11.8 Å². The standard InChI is InChI=1S/C26H27N3O5S/c1-17-23(25(31)34-13-12-32-2)24(18-8-5-4-6-9-18)29-20(16-35-26(29)27-17)15-22(30)28-19-10-7-11-21(14-19)33-3/h4-11,14,16,24H,12-13,15H2,1-3H3,(H,28,30). The monoisotopic (exact) mass is 493 g/mol. The van der Waals surface area contributed by atoms with E-state index in [0.29, 0.717) is 34.5 Å². The minimum atomic E-state index is -0.468. The van der Waals surface area contributed by atoms with Crippen molar-refractivity contribution in [1.29, 1.82) is 0 Å². The summed E-state index contributed by atoms with van der Waals surface area (Å²) in [5.74, 6) is 0.0206. The lowest BCUT2D eigenvalue weighted by atomic mass is 9.94. The molecule has 2 heterocycles. The first kappa shape index (κ1) is 24.6. The van der Waals surface area contributed by atoms with Crippen LogP contribution in [0.4, 0.5) is 5.69 Å². The van der Waals surface area contributed by atoms with Gasteiger partial charge in [0.05, 0.1) is 37.4 Å². The van der Waals surface area contributed by atoms with Gasteiger partial charge in [-0.3, -0.25) is 4.79 Å². The number of fused-ring (bicyclic) bond motifs is 1. The topological polar surface area (TPSA) is 89.5 Å². The van der Waals surface area contributed by atoms with Gasteiger partial charge in [0.1, 0.15) is 12.4 Å². The van der Waals surface area contributed by atoms with Gasteiger partial charge in [0, 0.05) is 24.6 Å². The quantitative estimate of drug-likeness (QED) is 0.407. The zero-order valence-electron chi connectivity index (χ0n) is 19.8. The van der Waals surface area contributed by atoms with E-state index in [0.717, 1.165) is 11.3 Å². The average molecular weight is 494 g/mol. The summed E-state index contributed by atoms with van der Waals surface area (Å²) in [7, 11) is 3.13. The van der Waals surface area contributed by atoms with Gasteiger partial charge >= 0.3 is 5.97 Å². The molecule has 1 unspecified atom stereocenters. The molecule has 0 saturated carbocycles. The smallest absolute Gasteiger partial charge is 0.338 e. The third-order valence-electron chi connectivity index (χ3n) is 5.55. The van der Waals surface area contributed by atoms with Gasteiger partial charge in [0.25, 0.3) is 0 Å². The number of nitrogens with one attached hydrogen (secondary N) is 1. The van der Waals surface area contributed by atoms with Gasteiger partial charge in [-0.1, -0.05) is 48.2 Å². The van der Waals surface area contributed by atoms with Crippen LogP contribution in [-0.2, 0) is 19.1 Å². The minimum Gasteiger partial charge on any atom is -0.497 e. The van der Waals surface area contributed by atoms with Crippen molar-refractivity contribution in [2.45, 2.75) is 19.4 Å². The number of nitrogens with zero attached hydrogens (tertiary/aromatic N) is 2. The fourth-order valence-electron chi connectivity index (χ4n) is 3.95. The number of anilines is 1. The van der Waals surface area contributed by atoms with Gasteiger partial charge in [-0.25, -0.2) is 9.79 Å². The van der Waals surface area contributed by atoms with E-state index in [-0.39, 0.29) is 18.9 Å². The van der Waals surface area contributed by atoms with Crippen molar-refractivity contribution in [3.8, 4) is 5.75 Å². The Morgan fingerprint density at radius 2 is 1.89 bits per heavy atom. The molecule has 2 aromatic carbocycles. The molecule has 4 rings (SSSR count). The molecule has 0 saturated heterocycles. The summed E-state index contributed by atoms with van der Waals surface area (Å²) in [6.45, 7) is 2.25. The van der Waals surface area contributed by atoms with E-state index in [2.05, 4.69) is 10.3 Å². The lowest BCUT2D eigenvalue weighted by Gasteiger charge is -2.36. The zero-order chi connectivity index (χ0) is 24.8. The maximum Gasteiger partial charge on any atom is 0.338 e. The molecule has 1 N–H and O–H groups in total. The Labute approximate surface area is 208 Å². The number of amidine groups is 1. The lowest BCUT2D eigenvalue weighted by molar-refractivity contribution is -0.141. The number of ether oxygens (including phenoxy) is 3. The fourth-order valence-corrected chi connectivity index (χ4v) is 4.91. The van der Waals surface area contributed by atoms with E-state index < -0.39 is 12.0 Å². The van der Waals surface area contributed by atoms with E-state index >= 15 is 0 Å². The predicted octanol–water partition coefficient (Wildman–Crippen LogP) is 4.49. The predicted molar refractivity (Wildman–Crippen MR) is 136 cm³/mol. The highest BCUT2D eigenvalue weighted by molar-refractivity contribution is 8.16. The molecule has 2 aromatic rings. The third kappa shape index (κ3) is 5.58. The number of carbonyl (C=O) groups is 2. The first-order valence-corrected chi connectivity index (χ1v) is 12.0. The van der Waals surface area contributed by atoms with Crippen LogP contribution in [-0.4, -0.2) is 49.4 Å². The number of methoxy groups -OCH3 is 2. The molecular weight excluding hydrogens is 466 g/mol. The summed E-state index contributed by atoms with van der Waals surface area (Å²) in [5.41, 5.74) is 3.33. The van der Waals surface area contributed by atoms with Crippen molar-refractivity contribution in [3.05, 3.63) is 82.5 Å². The molecule has 9 heteroatoms. The fraction of sp³-hybridized carbons (Fsp3) is 0.269. The molecule has 0 aromatic heterocycles.